The Morgan fingerprint density at radius 2 is 0.906 bits per heavy atom. The Labute approximate surface area is 397 Å². The molecular formula is C55H106N2O6P+. The highest BCUT2D eigenvalue weighted by atomic mass is 31.2. The van der Waals surface area contributed by atoms with E-state index in [2.05, 4.69) is 55.6 Å². The largest absolute Gasteiger partial charge is 0.472 e. The molecule has 0 aliphatic rings. The predicted molar refractivity (Wildman–Crippen MR) is 277 cm³/mol. The third kappa shape index (κ3) is 48.4. The lowest BCUT2D eigenvalue weighted by atomic mass is 10.0. The number of amides is 1. The van der Waals surface area contributed by atoms with Gasteiger partial charge in [0.15, 0.2) is 0 Å². The number of likely N-dealkylation sites (N-methyl/N-ethyl adjacent to an activating group) is 1. The zero-order valence-corrected chi connectivity index (χ0v) is 43.7. The number of carbonyl (C=O) groups is 1. The summed E-state index contributed by atoms with van der Waals surface area (Å²) in [4.78, 5) is 23.2. The molecule has 8 nitrogen and oxygen atoms in total. The zero-order chi connectivity index (χ0) is 47.1. The highest BCUT2D eigenvalue weighted by Gasteiger charge is 2.27. The fourth-order valence-corrected chi connectivity index (χ4v) is 8.47. The first-order chi connectivity index (χ1) is 31.0. The first-order valence-electron chi connectivity index (χ1n) is 27.0. The van der Waals surface area contributed by atoms with Gasteiger partial charge in [0.1, 0.15) is 13.2 Å². The first-order valence-corrected chi connectivity index (χ1v) is 28.5. The van der Waals surface area contributed by atoms with E-state index >= 15 is 0 Å². The van der Waals surface area contributed by atoms with Gasteiger partial charge < -0.3 is 19.8 Å². The van der Waals surface area contributed by atoms with Gasteiger partial charge in [-0.2, -0.15) is 0 Å². The Kier molecular flexibility index (Phi) is 45.4. The lowest BCUT2D eigenvalue weighted by Crippen LogP contribution is -2.45. The number of quaternary nitrogens is 1. The molecule has 0 fully saturated rings. The van der Waals surface area contributed by atoms with Gasteiger partial charge in [0.25, 0.3) is 0 Å². The van der Waals surface area contributed by atoms with Gasteiger partial charge in [-0.3, -0.25) is 13.8 Å². The van der Waals surface area contributed by atoms with Crippen molar-refractivity contribution in [1.29, 1.82) is 0 Å². The average molecular weight is 922 g/mol. The number of aliphatic hydroxyl groups excluding tert-OH is 1. The number of aliphatic hydroxyl groups is 1. The lowest BCUT2D eigenvalue weighted by Gasteiger charge is -2.25. The van der Waals surface area contributed by atoms with Crippen LogP contribution in [0.4, 0.5) is 0 Å². The van der Waals surface area contributed by atoms with Crippen LogP contribution in [0, 0.1) is 0 Å². The molecule has 3 atom stereocenters. The van der Waals surface area contributed by atoms with Crippen molar-refractivity contribution in [2.24, 2.45) is 0 Å². The minimum atomic E-state index is -4.35. The van der Waals surface area contributed by atoms with E-state index in [0.29, 0.717) is 17.4 Å². The molecule has 0 aromatic rings. The van der Waals surface area contributed by atoms with Crippen LogP contribution < -0.4 is 5.32 Å². The van der Waals surface area contributed by atoms with Gasteiger partial charge in [-0.15, -0.1) is 0 Å². The first kappa shape index (κ1) is 62.5. The van der Waals surface area contributed by atoms with Crippen molar-refractivity contribution >= 4 is 13.7 Å². The molecule has 0 aromatic carbocycles. The van der Waals surface area contributed by atoms with E-state index in [-0.39, 0.29) is 19.1 Å². The van der Waals surface area contributed by atoms with Crippen LogP contribution in [0.15, 0.2) is 48.6 Å². The van der Waals surface area contributed by atoms with Gasteiger partial charge in [0, 0.05) is 6.42 Å². The van der Waals surface area contributed by atoms with E-state index in [1.807, 2.05) is 27.2 Å². The summed E-state index contributed by atoms with van der Waals surface area (Å²) in [5.74, 6) is -0.187. The van der Waals surface area contributed by atoms with Crippen LogP contribution in [0.2, 0.25) is 0 Å². The highest BCUT2D eigenvalue weighted by Crippen LogP contribution is 2.43. The second kappa shape index (κ2) is 46.6. The van der Waals surface area contributed by atoms with Crippen molar-refractivity contribution in [3.05, 3.63) is 48.6 Å². The molecule has 3 N–H and O–H groups in total. The second-order valence-electron chi connectivity index (χ2n) is 19.6. The minimum Gasteiger partial charge on any atom is -0.387 e. The van der Waals surface area contributed by atoms with Crippen molar-refractivity contribution < 1.29 is 32.9 Å². The Morgan fingerprint density at radius 1 is 0.531 bits per heavy atom. The standard InChI is InChI=1S/C55H105N2O6P/c1-6-8-10-12-14-16-18-20-22-24-25-26-27-28-29-30-31-33-35-37-39-41-43-45-47-49-55(59)56-53(52-63-64(60,61)62-51-50-57(3,4)5)54(58)48-46-44-42-40-38-36-34-32-23-21-19-17-15-13-11-9-7-2/h18,20,24-25,38,40,46,48,53-54,58H,6-17,19,21-23,26-37,39,41-45,47,49-52H2,1-5H3,(H-,56,59,60,61)/p+1/b20-18-,25-24-,40-38+,48-46+. The number of nitrogens with zero attached hydrogens (tertiary/aromatic N) is 1. The van der Waals surface area contributed by atoms with E-state index in [4.69, 9.17) is 9.05 Å². The van der Waals surface area contributed by atoms with E-state index in [9.17, 15) is 19.4 Å². The Morgan fingerprint density at radius 3 is 1.34 bits per heavy atom. The van der Waals surface area contributed by atoms with Crippen LogP contribution in [-0.4, -0.2) is 73.4 Å². The molecule has 0 aliphatic carbocycles. The maximum atomic E-state index is 12.9. The van der Waals surface area contributed by atoms with E-state index in [1.54, 1.807) is 6.08 Å². The van der Waals surface area contributed by atoms with Crippen molar-refractivity contribution in [3.63, 3.8) is 0 Å². The topological polar surface area (TPSA) is 105 Å². The maximum absolute atomic E-state index is 12.9. The highest BCUT2D eigenvalue weighted by molar-refractivity contribution is 7.47. The normalized spacial score (nSPS) is 14.4. The van der Waals surface area contributed by atoms with Crippen molar-refractivity contribution in [3.8, 4) is 0 Å². The number of unbranched alkanes of at least 4 members (excludes halogenated alkanes) is 30. The molecule has 0 bridgehead atoms. The monoisotopic (exact) mass is 922 g/mol. The van der Waals surface area contributed by atoms with Gasteiger partial charge in [-0.25, -0.2) is 4.57 Å². The van der Waals surface area contributed by atoms with E-state index in [1.165, 1.54) is 180 Å². The number of hydrogen-bond acceptors (Lipinski definition) is 5. The minimum absolute atomic E-state index is 0.0557. The fraction of sp³-hybridized carbons (Fsp3) is 0.836. The Bertz CT molecular complexity index is 1180. The average Bonchev–Trinajstić information content (AvgIpc) is 3.25. The third-order valence-corrected chi connectivity index (χ3v) is 13.0. The molecule has 1 amide bonds. The quantitative estimate of drug-likeness (QED) is 0.0243. The number of carbonyl (C=O) groups excluding carboxylic acids is 1. The van der Waals surface area contributed by atoms with Gasteiger partial charge in [-0.05, 0) is 64.2 Å². The number of rotatable bonds is 49. The summed E-state index contributed by atoms with van der Waals surface area (Å²) >= 11 is 0. The predicted octanol–water partition coefficient (Wildman–Crippen LogP) is 16.0. The molecule has 0 radical (unpaired) electrons. The maximum Gasteiger partial charge on any atom is 0.472 e. The molecule has 0 aliphatic heterocycles. The van der Waals surface area contributed by atoms with Crippen LogP contribution in [0.25, 0.3) is 0 Å². The molecule has 64 heavy (non-hydrogen) atoms. The number of phosphoric ester groups is 1. The smallest absolute Gasteiger partial charge is 0.387 e. The molecule has 3 unspecified atom stereocenters. The van der Waals surface area contributed by atoms with E-state index in [0.717, 1.165) is 44.9 Å². The lowest BCUT2D eigenvalue weighted by molar-refractivity contribution is -0.870. The molecule has 0 saturated carbocycles. The van der Waals surface area contributed by atoms with Gasteiger partial charge in [-0.1, -0.05) is 223 Å². The number of nitrogens with one attached hydrogen (secondary N) is 1. The number of phosphoric acid groups is 1. The van der Waals surface area contributed by atoms with Gasteiger partial charge in [0.05, 0.1) is 39.9 Å². The third-order valence-electron chi connectivity index (χ3n) is 12.0. The summed E-state index contributed by atoms with van der Waals surface area (Å²) in [6.07, 6.45) is 60.6. The molecule has 9 heteroatoms. The molecule has 376 valence electrons. The van der Waals surface area contributed by atoms with E-state index < -0.39 is 20.0 Å². The summed E-state index contributed by atoms with van der Waals surface area (Å²) < 4.78 is 23.6. The van der Waals surface area contributed by atoms with Crippen LogP contribution >= 0.6 is 7.82 Å². The van der Waals surface area contributed by atoms with Crippen molar-refractivity contribution in [2.45, 2.75) is 257 Å². The summed E-state index contributed by atoms with van der Waals surface area (Å²) in [6, 6.07) is -0.864. The van der Waals surface area contributed by atoms with Crippen LogP contribution in [0.1, 0.15) is 245 Å². The number of hydrogen-bond donors (Lipinski definition) is 3. The van der Waals surface area contributed by atoms with Crippen LogP contribution in [0.3, 0.4) is 0 Å². The molecule has 0 rings (SSSR count). The van der Waals surface area contributed by atoms with Gasteiger partial charge >= 0.3 is 7.82 Å². The van der Waals surface area contributed by atoms with Crippen LogP contribution in [-0.2, 0) is 18.4 Å². The molecule has 0 heterocycles. The Hall–Kier alpha value is -1.54. The summed E-state index contributed by atoms with van der Waals surface area (Å²) in [5, 5.41) is 13.9. The second-order valence-corrected chi connectivity index (χ2v) is 21.0. The molecule has 0 saturated heterocycles. The Balaban J connectivity index is 4.26. The van der Waals surface area contributed by atoms with Gasteiger partial charge in [0.2, 0.25) is 5.91 Å². The summed E-state index contributed by atoms with van der Waals surface area (Å²) in [7, 11) is 1.56. The van der Waals surface area contributed by atoms with Crippen molar-refractivity contribution in [1.82, 2.24) is 5.32 Å². The molecule has 0 aromatic heterocycles. The summed E-state index contributed by atoms with van der Waals surface area (Å²) in [5.41, 5.74) is 0. The SMILES string of the molecule is CCCCCCC/C=C\C/C=C\CCCCCCCCCCCCCCCC(=O)NC(COP(=O)(O)OCC[N+](C)(C)C)C(O)/C=C/CC/C=C/CCCCCCCCCCCCC. The fourth-order valence-electron chi connectivity index (χ4n) is 7.74. The molecular weight excluding hydrogens is 816 g/mol. The summed E-state index contributed by atoms with van der Waals surface area (Å²) in [6.45, 7) is 4.80. The van der Waals surface area contributed by atoms with Crippen LogP contribution in [0.5, 0.6) is 0 Å². The molecule has 0 spiro atoms. The number of allylic oxidation sites excluding steroid dienone is 7. The zero-order valence-electron chi connectivity index (χ0n) is 42.8. The van der Waals surface area contributed by atoms with Crippen molar-refractivity contribution in [2.75, 3.05) is 40.9 Å².